The van der Waals surface area contributed by atoms with E-state index in [0.717, 1.165) is 0 Å². The van der Waals surface area contributed by atoms with Crippen LogP contribution in [0.15, 0.2) is 71.6 Å². The van der Waals surface area contributed by atoms with Gasteiger partial charge >= 0.3 is 0 Å². The Morgan fingerprint density at radius 2 is 1.42 bits per heavy atom. The van der Waals surface area contributed by atoms with Crippen molar-refractivity contribution in [3.05, 3.63) is 82.3 Å². The summed E-state index contributed by atoms with van der Waals surface area (Å²) in [5.74, 6) is 1.13. The lowest BCUT2D eigenvalue weighted by atomic mass is 10.2. The highest BCUT2D eigenvalue weighted by atomic mass is 35.5. The molecule has 0 radical (unpaired) electrons. The van der Waals surface area contributed by atoms with Gasteiger partial charge in [0.25, 0.3) is 10.0 Å². The van der Waals surface area contributed by atoms with Gasteiger partial charge in [-0.05, 0) is 73.2 Å². The molecule has 0 aliphatic rings. The molecule has 0 atom stereocenters. The Hall–Kier alpha value is -2.21. The summed E-state index contributed by atoms with van der Waals surface area (Å²) in [6.07, 6.45) is 0. The van der Waals surface area contributed by atoms with Gasteiger partial charge in [-0.1, -0.05) is 29.3 Å². The molecule has 3 rings (SSSR count). The maximum atomic E-state index is 12.6. The Labute approximate surface area is 162 Å². The van der Waals surface area contributed by atoms with Crippen LogP contribution in [0.4, 0.5) is 5.69 Å². The predicted molar refractivity (Wildman–Crippen MR) is 105 cm³/mol. The summed E-state index contributed by atoms with van der Waals surface area (Å²) in [5.41, 5.74) is 1.11. The monoisotopic (exact) mass is 407 g/mol. The summed E-state index contributed by atoms with van der Waals surface area (Å²) in [6, 6.07) is 18.1. The van der Waals surface area contributed by atoms with Gasteiger partial charge in [0.05, 0.1) is 10.6 Å². The first-order valence-corrected chi connectivity index (χ1v) is 9.90. The van der Waals surface area contributed by atoms with Crippen LogP contribution in [-0.2, 0) is 10.0 Å². The number of benzene rings is 3. The second kappa shape index (κ2) is 7.58. The van der Waals surface area contributed by atoms with Gasteiger partial charge in [-0.3, -0.25) is 4.72 Å². The second-order valence-electron chi connectivity index (χ2n) is 5.55. The molecule has 0 fully saturated rings. The van der Waals surface area contributed by atoms with Crippen molar-refractivity contribution in [3.63, 3.8) is 0 Å². The molecule has 0 saturated carbocycles. The van der Waals surface area contributed by atoms with Gasteiger partial charge in [0.15, 0.2) is 0 Å². The molecule has 0 heterocycles. The molecule has 3 aromatic carbocycles. The van der Waals surface area contributed by atoms with Crippen LogP contribution >= 0.6 is 23.2 Å². The van der Waals surface area contributed by atoms with Crippen molar-refractivity contribution >= 4 is 38.9 Å². The summed E-state index contributed by atoms with van der Waals surface area (Å²) in [7, 11) is -3.73. The van der Waals surface area contributed by atoms with E-state index in [1.165, 1.54) is 12.1 Å². The third-order valence-corrected chi connectivity index (χ3v) is 5.74. The molecular weight excluding hydrogens is 393 g/mol. The van der Waals surface area contributed by atoms with E-state index in [1.54, 1.807) is 61.5 Å². The molecule has 3 aromatic rings. The van der Waals surface area contributed by atoms with Crippen LogP contribution in [0.5, 0.6) is 11.5 Å². The molecule has 0 spiro atoms. The minimum Gasteiger partial charge on any atom is -0.457 e. The molecular formula is C19H15Cl2NO3S. The van der Waals surface area contributed by atoms with E-state index < -0.39 is 10.0 Å². The quantitative estimate of drug-likeness (QED) is 0.572. The van der Waals surface area contributed by atoms with Crippen LogP contribution in [0.1, 0.15) is 5.56 Å². The zero-order valence-corrected chi connectivity index (χ0v) is 16.1. The highest BCUT2D eigenvalue weighted by Crippen LogP contribution is 2.27. The SMILES string of the molecule is Cc1c(Cl)cccc1NS(=O)(=O)c1ccc(Oc2ccc(Cl)cc2)cc1. The van der Waals surface area contributed by atoms with Crippen molar-refractivity contribution in [1.82, 2.24) is 0 Å². The Bertz CT molecular complexity index is 1020. The first-order valence-electron chi connectivity index (χ1n) is 7.66. The van der Waals surface area contributed by atoms with Gasteiger partial charge < -0.3 is 4.74 Å². The lowest BCUT2D eigenvalue weighted by molar-refractivity contribution is 0.482. The van der Waals surface area contributed by atoms with Crippen molar-refractivity contribution in [2.75, 3.05) is 4.72 Å². The van der Waals surface area contributed by atoms with Gasteiger partial charge in [0, 0.05) is 10.0 Å². The molecule has 0 bridgehead atoms. The van der Waals surface area contributed by atoms with E-state index in [1.807, 2.05) is 0 Å². The van der Waals surface area contributed by atoms with Gasteiger partial charge in [-0.25, -0.2) is 8.42 Å². The van der Waals surface area contributed by atoms with Gasteiger partial charge in [-0.15, -0.1) is 0 Å². The number of hydrogen-bond acceptors (Lipinski definition) is 3. The standard InChI is InChI=1S/C19H15Cl2NO3S/c1-13-18(21)3-2-4-19(13)22-26(23,24)17-11-9-16(10-12-17)25-15-7-5-14(20)6-8-15/h2-12,22H,1H3. The van der Waals surface area contributed by atoms with E-state index in [-0.39, 0.29) is 4.90 Å². The lowest BCUT2D eigenvalue weighted by Gasteiger charge is -2.12. The number of sulfonamides is 1. The van der Waals surface area contributed by atoms with E-state index in [2.05, 4.69) is 4.72 Å². The third kappa shape index (κ3) is 4.30. The highest BCUT2D eigenvalue weighted by molar-refractivity contribution is 7.92. The molecule has 0 aliphatic heterocycles. The Morgan fingerprint density at radius 1 is 0.846 bits per heavy atom. The Balaban J connectivity index is 1.78. The number of nitrogens with one attached hydrogen (secondary N) is 1. The van der Waals surface area contributed by atoms with Crippen molar-refractivity contribution in [2.45, 2.75) is 11.8 Å². The summed E-state index contributed by atoms with van der Waals surface area (Å²) in [6.45, 7) is 1.75. The van der Waals surface area contributed by atoms with Crippen LogP contribution < -0.4 is 9.46 Å². The molecule has 4 nitrogen and oxygen atoms in total. The fraction of sp³-hybridized carbons (Fsp3) is 0.0526. The molecule has 1 N–H and O–H groups in total. The van der Waals surface area contributed by atoms with Crippen molar-refractivity contribution in [3.8, 4) is 11.5 Å². The van der Waals surface area contributed by atoms with E-state index in [9.17, 15) is 8.42 Å². The van der Waals surface area contributed by atoms with Gasteiger partial charge in [0.2, 0.25) is 0 Å². The first kappa shape index (κ1) is 18.6. The van der Waals surface area contributed by atoms with Crippen LogP contribution in [0.3, 0.4) is 0 Å². The maximum absolute atomic E-state index is 12.6. The topological polar surface area (TPSA) is 55.4 Å². The minimum absolute atomic E-state index is 0.125. The summed E-state index contributed by atoms with van der Waals surface area (Å²) >= 11 is 11.9. The molecule has 0 aromatic heterocycles. The Kier molecular flexibility index (Phi) is 5.41. The predicted octanol–water partition coefficient (Wildman–Crippen LogP) is 5.89. The second-order valence-corrected chi connectivity index (χ2v) is 8.07. The average Bonchev–Trinajstić information content (AvgIpc) is 2.61. The summed E-state index contributed by atoms with van der Waals surface area (Å²) in [4.78, 5) is 0.125. The van der Waals surface area contributed by atoms with Crippen LogP contribution in [0.25, 0.3) is 0 Å². The van der Waals surface area contributed by atoms with Gasteiger partial charge in [-0.2, -0.15) is 0 Å². The molecule has 0 aliphatic carbocycles. The summed E-state index contributed by atoms with van der Waals surface area (Å²) in [5, 5.41) is 1.11. The fourth-order valence-corrected chi connectivity index (χ4v) is 3.67. The number of halogens is 2. The zero-order valence-electron chi connectivity index (χ0n) is 13.7. The highest BCUT2D eigenvalue weighted by Gasteiger charge is 2.16. The van der Waals surface area contributed by atoms with Crippen molar-refractivity contribution < 1.29 is 13.2 Å². The van der Waals surface area contributed by atoms with Crippen LogP contribution in [0.2, 0.25) is 10.0 Å². The van der Waals surface area contributed by atoms with E-state index in [4.69, 9.17) is 27.9 Å². The number of ether oxygens (including phenoxy) is 1. The molecule has 0 amide bonds. The third-order valence-electron chi connectivity index (χ3n) is 3.70. The number of anilines is 1. The van der Waals surface area contributed by atoms with Gasteiger partial charge in [0.1, 0.15) is 11.5 Å². The normalized spacial score (nSPS) is 11.2. The molecule has 0 saturated heterocycles. The minimum atomic E-state index is -3.73. The van der Waals surface area contributed by atoms with Crippen molar-refractivity contribution in [1.29, 1.82) is 0 Å². The van der Waals surface area contributed by atoms with Crippen molar-refractivity contribution in [2.24, 2.45) is 0 Å². The van der Waals surface area contributed by atoms with E-state index in [0.29, 0.717) is 32.8 Å². The molecule has 26 heavy (non-hydrogen) atoms. The number of hydrogen-bond donors (Lipinski definition) is 1. The molecule has 0 unspecified atom stereocenters. The lowest BCUT2D eigenvalue weighted by Crippen LogP contribution is -2.13. The Morgan fingerprint density at radius 3 is 2.04 bits per heavy atom. The average molecular weight is 408 g/mol. The van der Waals surface area contributed by atoms with Crippen LogP contribution in [0, 0.1) is 6.92 Å². The summed E-state index contributed by atoms with van der Waals surface area (Å²) < 4.78 is 33.3. The first-order chi connectivity index (χ1) is 12.3. The molecule has 134 valence electrons. The smallest absolute Gasteiger partial charge is 0.261 e. The maximum Gasteiger partial charge on any atom is 0.261 e. The fourth-order valence-electron chi connectivity index (χ4n) is 2.25. The van der Waals surface area contributed by atoms with Crippen LogP contribution in [-0.4, -0.2) is 8.42 Å². The molecule has 7 heteroatoms. The number of rotatable bonds is 5. The van der Waals surface area contributed by atoms with E-state index >= 15 is 0 Å². The largest absolute Gasteiger partial charge is 0.457 e. The zero-order chi connectivity index (χ0) is 18.7.